The smallest absolute Gasteiger partial charge is 0.271 e. The Morgan fingerprint density at radius 1 is 1.15 bits per heavy atom. The highest BCUT2D eigenvalue weighted by Gasteiger charge is 2.15. The van der Waals surface area contributed by atoms with Gasteiger partial charge in [0, 0.05) is 32.7 Å². The van der Waals surface area contributed by atoms with Crippen molar-refractivity contribution in [1.29, 1.82) is 0 Å². The number of hydrogen-bond donors (Lipinski definition) is 1. The Morgan fingerprint density at radius 3 is 2.59 bits per heavy atom. The van der Waals surface area contributed by atoms with Crippen molar-refractivity contribution in [3.8, 4) is 5.88 Å². The summed E-state index contributed by atoms with van der Waals surface area (Å²) in [4.78, 5) is 14.1. The second-order valence-electron chi connectivity index (χ2n) is 7.42. The molecule has 1 N–H and O–H groups in total. The van der Waals surface area contributed by atoms with Crippen molar-refractivity contribution in [2.75, 3.05) is 26.7 Å². The Kier molecular flexibility index (Phi) is 6.40. The lowest BCUT2D eigenvalue weighted by molar-refractivity contribution is 0.0957. The van der Waals surface area contributed by atoms with Gasteiger partial charge in [0.15, 0.2) is 5.69 Å². The average molecular weight is 368 g/mol. The summed E-state index contributed by atoms with van der Waals surface area (Å²) in [6.45, 7) is 8.40. The summed E-state index contributed by atoms with van der Waals surface area (Å²) in [5.74, 6) is 0.859. The summed E-state index contributed by atoms with van der Waals surface area (Å²) >= 11 is 0. The van der Waals surface area contributed by atoms with Gasteiger partial charge in [-0.3, -0.25) is 4.79 Å². The molecule has 3 rings (SSSR count). The van der Waals surface area contributed by atoms with Crippen LogP contribution in [0, 0.1) is 5.92 Å². The van der Waals surface area contributed by atoms with Gasteiger partial charge in [-0.05, 0) is 41.5 Å². The Balaban J connectivity index is 1.60. The first-order chi connectivity index (χ1) is 13.0. The first-order valence-corrected chi connectivity index (χ1v) is 9.57. The minimum atomic E-state index is -0.258. The molecule has 0 spiro atoms. The summed E-state index contributed by atoms with van der Waals surface area (Å²) in [5.41, 5.74) is 4.27. The van der Waals surface area contributed by atoms with E-state index in [2.05, 4.69) is 52.5 Å². The lowest BCUT2D eigenvalue weighted by atomic mass is 10.0. The second kappa shape index (κ2) is 8.95. The van der Waals surface area contributed by atoms with E-state index in [0.717, 1.165) is 38.0 Å². The lowest BCUT2D eigenvalue weighted by Gasteiger charge is -2.21. The number of carbonyl (C=O) groups is 1. The molecule has 1 aromatic heterocycles. The normalized spacial score (nSPS) is 14.5. The van der Waals surface area contributed by atoms with Crippen LogP contribution in [0.4, 0.5) is 0 Å². The van der Waals surface area contributed by atoms with Crippen LogP contribution in [0.3, 0.4) is 0 Å². The first-order valence-electron chi connectivity index (χ1n) is 9.57. The summed E-state index contributed by atoms with van der Waals surface area (Å²) in [7, 11) is 1.56. The fourth-order valence-corrected chi connectivity index (χ4v) is 3.42. The van der Waals surface area contributed by atoms with Gasteiger partial charge in [0.25, 0.3) is 5.91 Å². The van der Waals surface area contributed by atoms with Crippen LogP contribution in [0.5, 0.6) is 5.88 Å². The van der Waals surface area contributed by atoms with Crippen molar-refractivity contribution in [2.45, 2.75) is 33.3 Å². The number of ether oxygens (including phenoxy) is 1. The Bertz CT molecular complexity index is 774. The zero-order valence-electron chi connectivity index (χ0n) is 16.4. The van der Waals surface area contributed by atoms with Gasteiger partial charge in [0.05, 0.1) is 0 Å². The summed E-state index contributed by atoms with van der Waals surface area (Å²) in [6, 6.07) is 9.89. The molecule has 1 aliphatic rings. The number of rotatable bonds is 6. The molecule has 2 aromatic rings. The van der Waals surface area contributed by atoms with Crippen molar-refractivity contribution in [3.05, 3.63) is 52.7 Å². The molecule has 2 heterocycles. The van der Waals surface area contributed by atoms with E-state index < -0.39 is 0 Å². The maximum Gasteiger partial charge on any atom is 0.271 e. The fraction of sp³-hybridized carbons (Fsp3) is 0.476. The topological polar surface area (TPSA) is 67.3 Å². The minimum absolute atomic E-state index is 0.258. The molecular formula is C21H28N4O2. The van der Waals surface area contributed by atoms with Crippen LogP contribution in [0.2, 0.25) is 0 Å². The van der Waals surface area contributed by atoms with Crippen molar-refractivity contribution in [1.82, 2.24) is 20.4 Å². The van der Waals surface area contributed by atoms with Gasteiger partial charge >= 0.3 is 0 Å². The molecule has 1 amide bonds. The Hall–Kier alpha value is -2.47. The number of benzene rings is 1. The third-order valence-electron chi connectivity index (χ3n) is 4.78. The van der Waals surface area contributed by atoms with Crippen LogP contribution >= 0.6 is 0 Å². The monoisotopic (exact) mass is 368 g/mol. The van der Waals surface area contributed by atoms with Crippen LogP contribution in [0.15, 0.2) is 30.3 Å². The SMILES string of the molecule is CNC(=O)c1ccc(OCc2ccc3c(c2)CCN(CC(C)C)CC3)nn1. The molecule has 0 saturated heterocycles. The van der Waals surface area contributed by atoms with E-state index in [1.54, 1.807) is 19.2 Å². The summed E-state index contributed by atoms with van der Waals surface area (Å²) in [6.07, 6.45) is 2.19. The standard InChI is InChI=1S/C21H28N4O2/c1-15(2)13-25-10-8-17-5-4-16(12-18(17)9-11-25)14-27-20-7-6-19(23-24-20)21(26)22-3/h4-7,12,15H,8-11,13-14H2,1-3H3,(H,22,26). The van der Waals surface area contributed by atoms with Crippen LogP contribution in [0.25, 0.3) is 0 Å². The van der Waals surface area contributed by atoms with E-state index in [1.807, 2.05) is 0 Å². The van der Waals surface area contributed by atoms with Crippen LogP contribution in [-0.2, 0) is 19.4 Å². The third-order valence-corrected chi connectivity index (χ3v) is 4.78. The van der Waals surface area contributed by atoms with Crippen LogP contribution in [-0.4, -0.2) is 47.7 Å². The minimum Gasteiger partial charge on any atom is -0.472 e. The second-order valence-corrected chi connectivity index (χ2v) is 7.42. The maximum absolute atomic E-state index is 11.5. The molecule has 0 aliphatic carbocycles. The molecule has 6 nitrogen and oxygen atoms in total. The van der Waals surface area contributed by atoms with Gasteiger partial charge < -0.3 is 15.0 Å². The Labute approximate surface area is 160 Å². The molecule has 0 unspecified atom stereocenters. The van der Waals surface area contributed by atoms with Gasteiger partial charge in [0.1, 0.15) is 6.61 Å². The maximum atomic E-state index is 11.5. The largest absolute Gasteiger partial charge is 0.472 e. The molecule has 1 aliphatic heterocycles. The van der Waals surface area contributed by atoms with E-state index in [1.165, 1.54) is 11.1 Å². The predicted molar refractivity (Wildman–Crippen MR) is 105 cm³/mol. The first kappa shape index (κ1) is 19.3. The van der Waals surface area contributed by atoms with Crippen molar-refractivity contribution >= 4 is 5.91 Å². The molecule has 0 fully saturated rings. The van der Waals surface area contributed by atoms with E-state index in [0.29, 0.717) is 18.4 Å². The van der Waals surface area contributed by atoms with E-state index >= 15 is 0 Å². The molecule has 0 atom stereocenters. The van der Waals surface area contributed by atoms with Gasteiger partial charge in [-0.15, -0.1) is 10.2 Å². The number of aromatic nitrogens is 2. The molecule has 1 aromatic carbocycles. The number of carbonyl (C=O) groups excluding carboxylic acids is 1. The van der Waals surface area contributed by atoms with Gasteiger partial charge in [0.2, 0.25) is 5.88 Å². The van der Waals surface area contributed by atoms with Gasteiger partial charge in [-0.2, -0.15) is 0 Å². The number of amides is 1. The number of fused-ring (bicyclic) bond motifs is 1. The highest BCUT2D eigenvalue weighted by Crippen LogP contribution is 2.19. The molecule has 27 heavy (non-hydrogen) atoms. The van der Waals surface area contributed by atoms with Crippen molar-refractivity contribution in [2.24, 2.45) is 5.92 Å². The third kappa shape index (κ3) is 5.26. The average Bonchev–Trinajstić information content (AvgIpc) is 2.88. The van der Waals surface area contributed by atoms with E-state index in [9.17, 15) is 4.79 Å². The molecule has 0 saturated carbocycles. The van der Waals surface area contributed by atoms with Crippen LogP contribution < -0.4 is 10.1 Å². The summed E-state index contributed by atoms with van der Waals surface area (Å²) in [5, 5.41) is 10.4. The zero-order chi connectivity index (χ0) is 19.2. The van der Waals surface area contributed by atoms with Crippen molar-refractivity contribution in [3.63, 3.8) is 0 Å². The van der Waals surface area contributed by atoms with Crippen molar-refractivity contribution < 1.29 is 9.53 Å². The number of hydrogen-bond acceptors (Lipinski definition) is 5. The van der Waals surface area contributed by atoms with E-state index in [4.69, 9.17) is 4.74 Å². The van der Waals surface area contributed by atoms with Crippen LogP contribution in [0.1, 0.15) is 41.0 Å². The number of nitrogens with zero attached hydrogens (tertiary/aromatic N) is 3. The fourth-order valence-electron chi connectivity index (χ4n) is 3.42. The quantitative estimate of drug-likeness (QED) is 0.848. The highest BCUT2D eigenvalue weighted by atomic mass is 16.5. The molecule has 0 radical (unpaired) electrons. The Morgan fingerprint density at radius 2 is 1.93 bits per heavy atom. The molecular weight excluding hydrogens is 340 g/mol. The summed E-state index contributed by atoms with van der Waals surface area (Å²) < 4.78 is 5.74. The van der Waals surface area contributed by atoms with Gasteiger partial charge in [-0.25, -0.2) is 0 Å². The molecule has 0 bridgehead atoms. The highest BCUT2D eigenvalue weighted by molar-refractivity contribution is 5.91. The number of nitrogens with one attached hydrogen (secondary N) is 1. The predicted octanol–water partition coefficient (Wildman–Crippen LogP) is 2.47. The van der Waals surface area contributed by atoms with E-state index in [-0.39, 0.29) is 11.6 Å². The molecule has 144 valence electrons. The zero-order valence-corrected chi connectivity index (χ0v) is 16.4. The molecule has 6 heteroatoms. The van der Waals surface area contributed by atoms with Gasteiger partial charge in [-0.1, -0.05) is 32.0 Å². The lowest BCUT2D eigenvalue weighted by Crippen LogP contribution is -2.30.